The summed E-state index contributed by atoms with van der Waals surface area (Å²) in [6.45, 7) is 5.19. The predicted molar refractivity (Wildman–Crippen MR) is 88.3 cm³/mol. The Labute approximate surface area is 132 Å². The van der Waals surface area contributed by atoms with Gasteiger partial charge in [0, 0.05) is 14.4 Å². The molecule has 0 spiro atoms. The molecule has 1 heterocycles. The van der Waals surface area contributed by atoms with Crippen LogP contribution in [0.1, 0.15) is 35.4 Å². The Bertz CT molecular complexity index is 553. The molecule has 0 saturated heterocycles. The van der Waals surface area contributed by atoms with Crippen molar-refractivity contribution in [3.63, 3.8) is 0 Å². The summed E-state index contributed by atoms with van der Waals surface area (Å²) in [6.07, 6.45) is 1.10. The monoisotopic (exact) mass is 357 g/mol. The third kappa shape index (κ3) is 3.40. The number of halogens is 2. The molecule has 1 aromatic heterocycles. The Morgan fingerprint density at radius 2 is 2.16 bits per heavy atom. The summed E-state index contributed by atoms with van der Waals surface area (Å²) in [4.78, 5) is 1.28. The molecular formula is C15H17BrClNS. The Morgan fingerprint density at radius 3 is 2.79 bits per heavy atom. The molecule has 0 radical (unpaired) electrons. The molecule has 0 fully saturated rings. The molecule has 1 unspecified atom stereocenters. The van der Waals surface area contributed by atoms with Crippen LogP contribution in [0.3, 0.4) is 0 Å². The van der Waals surface area contributed by atoms with Crippen LogP contribution >= 0.6 is 38.9 Å². The first-order valence-electron chi connectivity index (χ1n) is 6.36. The Hall–Kier alpha value is -0.350. The van der Waals surface area contributed by atoms with Gasteiger partial charge in [0.1, 0.15) is 0 Å². The normalized spacial score (nSPS) is 12.6. The molecule has 1 nitrogen and oxygen atoms in total. The van der Waals surface area contributed by atoms with E-state index in [1.807, 2.05) is 13.0 Å². The van der Waals surface area contributed by atoms with E-state index in [9.17, 15) is 0 Å². The number of aryl methyl sites for hydroxylation is 1. The molecule has 19 heavy (non-hydrogen) atoms. The van der Waals surface area contributed by atoms with E-state index < -0.39 is 0 Å². The summed E-state index contributed by atoms with van der Waals surface area (Å²) in [6, 6.07) is 8.46. The topological polar surface area (TPSA) is 12.0 Å². The maximum absolute atomic E-state index is 6.49. The number of nitrogens with one attached hydrogen (secondary N) is 1. The quantitative estimate of drug-likeness (QED) is 0.737. The lowest BCUT2D eigenvalue weighted by Crippen LogP contribution is -2.23. The summed E-state index contributed by atoms with van der Waals surface area (Å²) < 4.78 is 1.14. The lowest BCUT2D eigenvalue weighted by atomic mass is 10.0. The molecule has 4 heteroatoms. The van der Waals surface area contributed by atoms with Crippen LogP contribution in [0.4, 0.5) is 0 Å². The molecule has 0 bridgehead atoms. The summed E-state index contributed by atoms with van der Waals surface area (Å²) in [5.41, 5.74) is 2.27. The van der Waals surface area contributed by atoms with E-state index in [1.165, 1.54) is 4.88 Å². The highest BCUT2D eigenvalue weighted by atomic mass is 79.9. The highest BCUT2D eigenvalue weighted by Crippen LogP contribution is 2.36. The number of hydrogen-bond donors (Lipinski definition) is 1. The minimum Gasteiger partial charge on any atom is -0.306 e. The molecule has 2 rings (SSSR count). The molecule has 0 aliphatic heterocycles. The van der Waals surface area contributed by atoms with E-state index in [4.69, 9.17) is 11.6 Å². The second kappa shape index (κ2) is 6.89. The molecule has 102 valence electrons. The molecule has 1 atom stereocenters. The summed E-state index contributed by atoms with van der Waals surface area (Å²) in [7, 11) is 0. The van der Waals surface area contributed by atoms with Crippen LogP contribution in [-0.4, -0.2) is 6.54 Å². The van der Waals surface area contributed by atoms with Crippen LogP contribution in [0.15, 0.2) is 34.1 Å². The average molecular weight is 359 g/mol. The van der Waals surface area contributed by atoms with E-state index in [0.29, 0.717) is 0 Å². The van der Waals surface area contributed by atoms with Gasteiger partial charge in [0.05, 0.1) is 6.04 Å². The maximum Gasteiger partial charge on any atom is 0.0697 e. The van der Waals surface area contributed by atoms with Gasteiger partial charge in [0.15, 0.2) is 0 Å². The minimum absolute atomic E-state index is 0.154. The van der Waals surface area contributed by atoms with Gasteiger partial charge in [-0.05, 0) is 58.4 Å². The SMILES string of the molecule is CCCNC(c1cccc(C)c1Cl)c1sccc1Br. The second-order valence-corrected chi connectivity index (χ2v) is 6.68. The standard InChI is InChI=1S/C15H17BrClNS/c1-3-8-18-14(15-12(16)7-9-19-15)11-6-4-5-10(2)13(11)17/h4-7,9,14,18H,3,8H2,1-2H3. The lowest BCUT2D eigenvalue weighted by molar-refractivity contribution is 0.604. The van der Waals surface area contributed by atoms with Gasteiger partial charge in [-0.3, -0.25) is 0 Å². The summed E-state index contributed by atoms with van der Waals surface area (Å²) in [5.74, 6) is 0. The van der Waals surface area contributed by atoms with E-state index in [-0.39, 0.29) is 6.04 Å². The van der Waals surface area contributed by atoms with Crippen molar-refractivity contribution in [1.82, 2.24) is 5.32 Å². The van der Waals surface area contributed by atoms with E-state index in [2.05, 4.69) is 51.7 Å². The minimum atomic E-state index is 0.154. The number of thiophene rings is 1. The van der Waals surface area contributed by atoms with Crippen LogP contribution in [-0.2, 0) is 0 Å². The molecule has 0 aliphatic carbocycles. The van der Waals surface area contributed by atoms with Crippen LogP contribution in [0.2, 0.25) is 5.02 Å². The number of hydrogen-bond acceptors (Lipinski definition) is 2. The lowest BCUT2D eigenvalue weighted by Gasteiger charge is -2.20. The van der Waals surface area contributed by atoms with Crippen molar-refractivity contribution < 1.29 is 0 Å². The second-order valence-electron chi connectivity index (χ2n) is 4.50. The van der Waals surface area contributed by atoms with Crippen molar-refractivity contribution >= 4 is 38.9 Å². The van der Waals surface area contributed by atoms with E-state index in [0.717, 1.165) is 33.6 Å². The fraction of sp³-hybridized carbons (Fsp3) is 0.333. The Balaban J connectivity index is 2.43. The molecule has 0 amide bonds. The molecule has 1 N–H and O–H groups in total. The third-order valence-electron chi connectivity index (χ3n) is 3.04. The van der Waals surface area contributed by atoms with Crippen LogP contribution < -0.4 is 5.32 Å². The average Bonchev–Trinajstić information content (AvgIpc) is 2.81. The third-order valence-corrected chi connectivity index (χ3v) is 5.49. The van der Waals surface area contributed by atoms with Crippen molar-refractivity contribution in [3.8, 4) is 0 Å². The van der Waals surface area contributed by atoms with Gasteiger partial charge in [-0.2, -0.15) is 0 Å². The Kier molecular flexibility index (Phi) is 5.46. The van der Waals surface area contributed by atoms with Gasteiger partial charge < -0.3 is 5.32 Å². The van der Waals surface area contributed by atoms with Crippen molar-refractivity contribution in [3.05, 3.63) is 55.1 Å². The van der Waals surface area contributed by atoms with E-state index in [1.54, 1.807) is 11.3 Å². The molecule has 1 aromatic carbocycles. The fourth-order valence-corrected chi connectivity index (χ4v) is 3.97. The first-order valence-corrected chi connectivity index (χ1v) is 8.41. The highest BCUT2D eigenvalue weighted by Gasteiger charge is 2.20. The van der Waals surface area contributed by atoms with Gasteiger partial charge >= 0.3 is 0 Å². The zero-order chi connectivity index (χ0) is 13.8. The zero-order valence-corrected chi connectivity index (χ0v) is 14.2. The molecule has 0 aliphatic rings. The van der Waals surface area contributed by atoms with Gasteiger partial charge in [-0.1, -0.05) is 36.7 Å². The van der Waals surface area contributed by atoms with Crippen LogP contribution in [0.25, 0.3) is 0 Å². The van der Waals surface area contributed by atoms with Crippen LogP contribution in [0.5, 0.6) is 0 Å². The molecule has 0 saturated carbocycles. The zero-order valence-electron chi connectivity index (χ0n) is 11.0. The Morgan fingerprint density at radius 1 is 1.37 bits per heavy atom. The van der Waals surface area contributed by atoms with Crippen molar-refractivity contribution in [2.24, 2.45) is 0 Å². The van der Waals surface area contributed by atoms with Gasteiger partial charge in [-0.15, -0.1) is 11.3 Å². The van der Waals surface area contributed by atoms with Crippen LogP contribution in [0, 0.1) is 6.92 Å². The van der Waals surface area contributed by atoms with Crippen molar-refractivity contribution in [2.75, 3.05) is 6.54 Å². The number of benzene rings is 1. The number of rotatable bonds is 5. The summed E-state index contributed by atoms with van der Waals surface area (Å²) >= 11 is 11.9. The van der Waals surface area contributed by atoms with Gasteiger partial charge in [0.2, 0.25) is 0 Å². The van der Waals surface area contributed by atoms with Gasteiger partial charge in [-0.25, -0.2) is 0 Å². The molecular weight excluding hydrogens is 342 g/mol. The predicted octanol–water partition coefficient (Wildman–Crippen LogP) is 5.56. The summed E-state index contributed by atoms with van der Waals surface area (Å²) in [5, 5.41) is 6.55. The maximum atomic E-state index is 6.49. The fourth-order valence-electron chi connectivity index (χ4n) is 2.04. The largest absolute Gasteiger partial charge is 0.306 e. The first-order chi connectivity index (χ1) is 9.15. The van der Waals surface area contributed by atoms with Crippen molar-refractivity contribution in [2.45, 2.75) is 26.3 Å². The highest BCUT2D eigenvalue weighted by molar-refractivity contribution is 9.10. The van der Waals surface area contributed by atoms with E-state index >= 15 is 0 Å². The first kappa shape index (κ1) is 15.0. The van der Waals surface area contributed by atoms with Gasteiger partial charge in [0.25, 0.3) is 0 Å². The van der Waals surface area contributed by atoms with Crippen molar-refractivity contribution in [1.29, 1.82) is 0 Å². The molecule has 2 aromatic rings. The smallest absolute Gasteiger partial charge is 0.0697 e.